The molecule has 3 aromatic carbocycles. The number of aryl methyl sites for hydroxylation is 2. The third-order valence-electron chi connectivity index (χ3n) is 6.34. The van der Waals surface area contributed by atoms with E-state index < -0.39 is 0 Å². The number of urea groups is 1. The van der Waals surface area contributed by atoms with Crippen LogP contribution in [0, 0.1) is 13.8 Å². The lowest BCUT2D eigenvalue weighted by atomic mass is 10.1. The second kappa shape index (κ2) is 8.90. The Hall–Kier alpha value is -3.93. The van der Waals surface area contributed by atoms with Gasteiger partial charge in [0.25, 0.3) is 0 Å². The molecule has 6 heteroatoms. The third-order valence-corrected chi connectivity index (χ3v) is 6.34. The lowest BCUT2D eigenvalue weighted by molar-refractivity contribution is 0.208. The number of benzene rings is 3. The van der Waals surface area contributed by atoms with Crippen LogP contribution in [0.1, 0.15) is 11.1 Å². The second-order valence-electron chi connectivity index (χ2n) is 8.54. The molecule has 33 heavy (non-hydrogen) atoms. The SMILES string of the molecule is Cc1ccc(NC(=O)N2CCN(c3ccc(-c4ccc5ccccc5c4)nn3)CC2)cc1C. The first kappa shape index (κ1) is 20.9. The smallest absolute Gasteiger partial charge is 0.321 e. The number of carbonyl (C=O) groups excluding carboxylic acids is 1. The normalized spacial score (nSPS) is 13.9. The molecule has 5 rings (SSSR count). The van der Waals surface area contributed by atoms with Gasteiger partial charge in [0.2, 0.25) is 0 Å². The second-order valence-corrected chi connectivity index (χ2v) is 8.54. The molecule has 0 unspecified atom stereocenters. The Morgan fingerprint density at radius 1 is 0.788 bits per heavy atom. The van der Waals surface area contributed by atoms with E-state index in [0.717, 1.165) is 35.9 Å². The summed E-state index contributed by atoms with van der Waals surface area (Å²) in [5, 5.41) is 14.4. The molecule has 2 amide bonds. The van der Waals surface area contributed by atoms with E-state index in [2.05, 4.69) is 64.6 Å². The highest BCUT2D eigenvalue weighted by Gasteiger charge is 2.22. The minimum absolute atomic E-state index is 0.0596. The van der Waals surface area contributed by atoms with Crippen LogP contribution in [-0.2, 0) is 0 Å². The molecule has 1 N–H and O–H groups in total. The van der Waals surface area contributed by atoms with Crippen LogP contribution in [0.4, 0.5) is 16.3 Å². The van der Waals surface area contributed by atoms with Gasteiger partial charge >= 0.3 is 6.03 Å². The number of rotatable bonds is 3. The summed E-state index contributed by atoms with van der Waals surface area (Å²) in [4.78, 5) is 16.7. The predicted molar refractivity (Wildman–Crippen MR) is 134 cm³/mol. The van der Waals surface area contributed by atoms with E-state index in [9.17, 15) is 4.79 Å². The first-order valence-electron chi connectivity index (χ1n) is 11.3. The van der Waals surface area contributed by atoms with Crippen LogP contribution in [0.25, 0.3) is 22.0 Å². The number of anilines is 2. The van der Waals surface area contributed by atoms with Gasteiger partial charge < -0.3 is 15.1 Å². The molecule has 166 valence electrons. The van der Waals surface area contributed by atoms with Gasteiger partial charge in [-0.1, -0.05) is 42.5 Å². The summed E-state index contributed by atoms with van der Waals surface area (Å²) < 4.78 is 0. The van der Waals surface area contributed by atoms with E-state index in [-0.39, 0.29) is 6.03 Å². The average Bonchev–Trinajstić information content (AvgIpc) is 2.86. The Morgan fingerprint density at radius 2 is 1.58 bits per heavy atom. The number of nitrogens with one attached hydrogen (secondary N) is 1. The standard InChI is InChI=1S/C27H27N5O/c1-19-7-10-24(17-20(19)2)28-27(33)32-15-13-31(14-16-32)26-12-11-25(29-30-26)23-9-8-21-5-3-4-6-22(21)18-23/h3-12,17-18H,13-16H2,1-2H3,(H,28,33). The van der Waals surface area contributed by atoms with Crippen molar-refractivity contribution in [3.05, 3.63) is 83.9 Å². The summed E-state index contributed by atoms with van der Waals surface area (Å²) in [6, 6.07) is 24.6. The highest BCUT2D eigenvalue weighted by atomic mass is 16.2. The van der Waals surface area contributed by atoms with Crippen LogP contribution in [0.2, 0.25) is 0 Å². The molecule has 1 aliphatic heterocycles. The Balaban J connectivity index is 1.21. The van der Waals surface area contributed by atoms with Crippen LogP contribution < -0.4 is 10.2 Å². The lowest BCUT2D eigenvalue weighted by Gasteiger charge is -2.35. The molecule has 0 saturated carbocycles. The third kappa shape index (κ3) is 4.51. The predicted octanol–water partition coefficient (Wildman–Crippen LogP) is 5.27. The maximum absolute atomic E-state index is 12.7. The van der Waals surface area contributed by atoms with Crippen molar-refractivity contribution in [1.29, 1.82) is 0 Å². The lowest BCUT2D eigenvalue weighted by Crippen LogP contribution is -2.50. The Bertz CT molecular complexity index is 1290. The molecular formula is C27H27N5O. The number of amides is 2. The fourth-order valence-corrected chi connectivity index (χ4v) is 4.16. The van der Waals surface area contributed by atoms with Gasteiger partial charge in [-0.25, -0.2) is 4.79 Å². The van der Waals surface area contributed by atoms with E-state index in [1.54, 1.807) is 0 Å². The number of carbonyl (C=O) groups is 1. The molecule has 2 heterocycles. The summed E-state index contributed by atoms with van der Waals surface area (Å²) >= 11 is 0. The molecule has 1 aromatic heterocycles. The minimum atomic E-state index is -0.0596. The summed E-state index contributed by atoms with van der Waals surface area (Å²) in [5.74, 6) is 0.841. The maximum Gasteiger partial charge on any atom is 0.321 e. The van der Waals surface area contributed by atoms with Gasteiger partial charge in [0.1, 0.15) is 0 Å². The molecule has 1 aliphatic rings. The fourth-order valence-electron chi connectivity index (χ4n) is 4.16. The van der Waals surface area contributed by atoms with Gasteiger partial charge in [0.05, 0.1) is 5.69 Å². The highest BCUT2D eigenvalue weighted by Crippen LogP contribution is 2.24. The quantitative estimate of drug-likeness (QED) is 0.474. The van der Waals surface area contributed by atoms with E-state index in [1.807, 2.05) is 47.4 Å². The molecule has 4 aromatic rings. The van der Waals surface area contributed by atoms with E-state index in [4.69, 9.17) is 0 Å². The van der Waals surface area contributed by atoms with Crippen LogP contribution in [-0.4, -0.2) is 47.3 Å². The zero-order valence-corrected chi connectivity index (χ0v) is 19.0. The number of nitrogens with zero attached hydrogens (tertiary/aromatic N) is 4. The van der Waals surface area contributed by atoms with Gasteiger partial charge in [-0.2, -0.15) is 0 Å². The molecule has 0 bridgehead atoms. The van der Waals surface area contributed by atoms with Crippen molar-refractivity contribution < 1.29 is 4.79 Å². The molecule has 1 fully saturated rings. The average molecular weight is 438 g/mol. The van der Waals surface area contributed by atoms with Crippen molar-refractivity contribution in [3.8, 4) is 11.3 Å². The summed E-state index contributed by atoms with van der Waals surface area (Å²) in [6.45, 7) is 6.86. The summed E-state index contributed by atoms with van der Waals surface area (Å²) in [7, 11) is 0. The zero-order chi connectivity index (χ0) is 22.8. The Kier molecular flexibility index (Phi) is 5.65. The van der Waals surface area contributed by atoms with Gasteiger partial charge in [-0.05, 0) is 66.1 Å². The van der Waals surface area contributed by atoms with Gasteiger partial charge in [0.15, 0.2) is 5.82 Å². The van der Waals surface area contributed by atoms with Crippen LogP contribution in [0.3, 0.4) is 0 Å². The van der Waals surface area contributed by atoms with Gasteiger partial charge in [-0.3, -0.25) is 0 Å². The fraction of sp³-hybridized carbons (Fsp3) is 0.222. The molecule has 0 atom stereocenters. The summed E-state index contributed by atoms with van der Waals surface area (Å²) in [6.07, 6.45) is 0. The minimum Gasteiger partial charge on any atom is -0.352 e. The maximum atomic E-state index is 12.7. The van der Waals surface area contributed by atoms with Crippen LogP contribution >= 0.6 is 0 Å². The van der Waals surface area contributed by atoms with E-state index >= 15 is 0 Å². The molecule has 0 aliphatic carbocycles. The van der Waals surface area contributed by atoms with E-state index in [1.165, 1.54) is 21.9 Å². The number of aromatic nitrogens is 2. The Morgan fingerprint density at radius 3 is 2.30 bits per heavy atom. The molecule has 0 radical (unpaired) electrons. The van der Waals surface area contributed by atoms with E-state index in [0.29, 0.717) is 13.1 Å². The summed E-state index contributed by atoms with van der Waals surface area (Å²) in [5.41, 5.74) is 5.13. The van der Waals surface area contributed by atoms with Crippen molar-refractivity contribution in [2.24, 2.45) is 0 Å². The highest BCUT2D eigenvalue weighted by molar-refractivity contribution is 5.89. The van der Waals surface area contributed by atoms with Gasteiger partial charge in [0, 0.05) is 37.4 Å². The first-order valence-corrected chi connectivity index (χ1v) is 11.3. The first-order chi connectivity index (χ1) is 16.1. The molecular weight excluding hydrogens is 410 g/mol. The van der Waals surface area contributed by atoms with Crippen LogP contribution in [0.15, 0.2) is 72.8 Å². The number of fused-ring (bicyclic) bond motifs is 1. The number of piperazine rings is 1. The molecule has 1 saturated heterocycles. The topological polar surface area (TPSA) is 61.4 Å². The zero-order valence-electron chi connectivity index (χ0n) is 19.0. The van der Waals surface area contributed by atoms with Crippen LogP contribution in [0.5, 0.6) is 0 Å². The number of hydrogen-bond donors (Lipinski definition) is 1. The largest absolute Gasteiger partial charge is 0.352 e. The van der Waals surface area contributed by atoms with Gasteiger partial charge in [-0.15, -0.1) is 10.2 Å². The molecule has 0 spiro atoms. The monoisotopic (exact) mass is 437 g/mol. The van der Waals surface area contributed by atoms with Crippen molar-refractivity contribution in [2.45, 2.75) is 13.8 Å². The molecule has 6 nitrogen and oxygen atoms in total. The van der Waals surface area contributed by atoms with Crippen molar-refractivity contribution >= 4 is 28.3 Å². The van der Waals surface area contributed by atoms with Crippen molar-refractivity contribution in [3.63, 3.8) is 0 Å². The van der Waals surface area contributed by atoms with Crippen molar-refractivity contribution in [2.75, 3.05) is 36.4 Å². The van der Waals surface area contributed by atoms with Crippen molar-refractivity contribution in [1.82, 2.24) is 15.1 Å². The Labute approximate surface area is 193 Å². The number of hydrogen-bond acceptors (Lipinski definition) is 4.